The third kappa shape index (κ3) is 7.17. The zero-order valence-corrected chi connectivity index (χ0v) is 14.6. The second kappa shape index (κ2) is 10.6. The van der Waals surface area contributed by atoms with Crippen molar-refractivity contribution in [1.29, 1.82) is 0 Å². The largest absolute Gasteiger partial charge is 0.445 e. The Labute approximate surface area is 156 Å². The molecule has 0 spiro atoms. The molecule has 0 radical (unpaired) electrons. The van der Waals surface area contributed by atoms with Crippen LogP contribution in [-0.4, -0.2) is 35.7 Å². The number of hydrogen-bond acceptors (Lipinski definition) is 5. The van der Waals surface area contributed by atoms with E-state index in [0.29, 0.717) is 0 Å². The third-order valence-corrected chi connectivity index (χ3v) is 3.65. The highest BCUT2D eigenvalue weighted by Gasteiger charge is 2.22. The molecular weight excluding hydrogens is 350 g/mol. The Kier molecular flexibility index (Phi) is 7.80. The SMILES string of the molecule is O=C(CNC(=O)[C@H](Cc1ccccc1)NC(=O)OCc1ccccc1)NO. The van der Waals surface area contributed by atoms with Crippen LogP contribution in [0.1, 0.15) is 11.1 Å². The molecule has 0 aliphatic carbocycles. The van der Waals surface area contributed by atoms with Gasteiger partial charge in [0.1, 0.15) is 12.6 Å². The minimum Gasteiger partial charge on any atom is -0.445 e. The molecule has 8 heteroatoms. The summed E-state index contributed by atoms with van der Waals surface area (Å²) >= 11 is 0. The van der Waals surface area contributed by atoms with E-state index >= 15 is 0 Å². The molecule has 0 aliphatic heterocycles. The lowest BCUT2D eigenvalue weighted by molar-refractivity contribution is -0.131. The maximum Gasteiger partial charge on any atom is 0.408 e. The van der Waals surface area contributed by atoms with Gasteiger partial charge >= 0.3 is 6.09 Å². The van der Waals surface area contributed by atoms with Crippen molar-refractivity contribution in [3.05, 3.63) is 71.8 Å². The van der Waals surface area contributed by atoms with Crippen molar-refractivity contribution in [2.24, 2.45) is 0 Å². The van der Waals surface area contributed by atoms with E-state index in [-0.39, 0.29) is 13.0 Å². The first-order valence-electron chi connectivity index (χ1n) is 8.30. The molecule has 2 rings (SSSR count). The van der Waals surface area contributed by atoms with E-state index in [1.807, 2.05) is 60.7 Å². The first-order valence-corrected chi connectivity index (χ1v) is 8.30. The molecule has 4 N–H and O–H groups in total. The summed E-state index contributed by atoms with van der Waals surface area (Å²) in [5.41, 5.74) is 3.07. The maximum absolute atomic E-state index is 12.3. The number of benzene rings is 2. The second-order valence-electron chi connectivity index (χ2n) is 5.70. The van der Waals surface area contributed by atoms with Crippen LogP contribution >= 0.6 is 0 Å². The number of nitrogens with one attached hydrogen (secondary N) is 3. The van der Waals surface area contributed by atoms with Gasteiger partial charge in [-0.05, 0) is 11.1 Å². The number of amides is 3. The number of hydroxylamine groups is 1. The zero-order valence-electron chi connectivity index (χ0n) is 14.6. The van der Waals surface area contributed by atoms with Gasteiger partial charge in [0.25, 0.3) is 5.91 Å². The molecule has 0 heterocycles. The minimum absolute atomic E-state index is 0.0687. The molecule has 0 saturated heterocycles. The highest BCUT2D eigenvalue weighted by Crippen LogP contribution is 2.05. The van der Waals surface area contributed by atoms with Crippen molar-refractivity contribution in [2.75, 3.05) is 6.54 Å². The zero-order chi connectivity index (χ0) is 19.5. The van der Waals surface area contributed by atoms with Crippen LogP contribution in [-0.2, 0) is 27.4 Å². The van der Waals surface area contributed by atoms with Gasteiger partial charge in [0.2, 0.25) is 5.91 Å². The Morgan fingerprint density at radius 3 is 2.11 bits per heavy atom. The molecular formula is C19H21N3O5. The fourth-order valence-electron chi connectivity index (χ4n) is 2.30. The summed E-state index contributed by atoms with van der Waals surface area (Å²) in [7, 11) is 0. The predicted molar refractivity (Wildman–Crippen MR) is 96.6 cm³/mol. The Hall–Kier alpha value is -3.39. The van der Waals surface area contributed by atoms with Gasteiger partial charge in [-0.1, -0.05) is 60.7 Å². The molecule has 0 saturated carbocycles. The molecule has 0 fully saturated rings. The van der Waals surface area contributed by atoms with Crippen LogP contribution in [0.4, 0.5) is 4.79 Å². The predicted octanol–water partition coefficient (Wildman–Crippen LogP) is 1.15. The Balaban J connectivity index is 1.96. The molecule has 2 aromatic carbocycles. The third-order valence-electron chi connectivity index (χ3n) is 3.65. The lowest BCUT2D eigenvalue weighted by Gasteiger charge is -2.18. The van der Waals surface area contributed by atoms with E-state index in [2.05, 4.69) is 10.6 Å². The number of ether oxygens (including phenoxy) is 1. The minimum atomic E-state index is -0.942. The summed E-state index contributed by atoms with van der Waals surface area (Å²) in [6.45, 7) is -0.347. The van der Waals surface area contributed by atoms with Crippen LogP contribution in [0.2, 0.25) is 0 Å². The van der Waals surface area contributed by atoms with E-state index in [9.17, 15) is 14.4 Å². The summed E-state index contributed by atoms with van der Waals surface area (Å²) in [6, 6.07) is 17.3. The normalized spacial score (nSPS) is 11.1. The molecule has 27 heavy (non-hydrogen) atoms. The van der Waals surface area contributed by atoms with Gasteiger partial charge in [-0.2, -0.15) is 0 Å². The Morgan fingerprint density at radius 1 is 0.926 bits per heavy atom. The van der Waals surface area contributed by atoms with Crippen LogP contribution in [0.15, 0.2) is 60.7 Å². The van der Waals surface area contributed by atoms with Crippen molar-refractivity contribution in [3.63, 3.8) is 0 Å². The molecule has 3 amide bonds. The summed E-state index contributed by atoms with van der Waals surface area (Å²) < 4.78 is 5.14. The standard InChI is InChI=1S/C19H21N3O5/c23-17(22-26)12-20-18(24)16(11-14-7-3-1-4-8-14)21-19(25)27-13-15-9-5-2-6-10-15/h1-10,16,26H,11-13H2,(H,20,24)(H,21,25)(H,22,23)/t16-/m0/s1. The van der Waals surface area contributed by atoms with Crippen LogP contribution in [0.3, 0.4) is 0 Å². The van der Waals surface area contributed by atoms with E-state index in [1.165, 1.54) is 5.48 Å². The first kappa shape index (κ1) is 19.9. The number of alkyl carbamates (subject to hydrolysis) is 1. The Bertz CT molecular complexity index is 752. The average molecular weight is 371 g/mol. The van der Waals surface area contributed by atoms with E-state index < -0.39 is 30.5 Å². The van der Waals surface area contributed by atoms with Gasteiger partial charge in [0, 0.05) is 6.42 Å². The van der Waals surface area contributed by atoms with Crippen molar-refractivity contribution < 1.29 is 24.3 Å². The number of hydrogen-bond donors (Lipinski definition) is 4. The second-order valence-corrected chi connectivity index (χ2v) is 5.70. The van der Waals surface area contributed by atoms with E-state index in [1.54, 1.807) is 0 Å². The van der Waals surface area contributed by atoms with Crippen molar-refractivity contribution in [1.82, 2.24) is 16.1 Å². The number of rotatable bonds is 8. The lowest BCUT2D eigenvalue weighted by Crippen LogP contribution is -2.50. The van der Waals surface area contributed by atoms with Crippen LogP contribution in [0, 0.1) is 0 Å². The smallest absolute Gasteiger partial charge is 0.408 e. The topological polar surface area (TPSA) is 117 Å². The molecule has 142 valence electrons. The molecule has 0 aliphatic rings. The molecule has 0 bridgehead atoms. The summed E-state index contributed by atoms with van der Waals surface area (Å²) in [5.74, 6) is -1.34. The van der Waals surface area contributed by atoms with Gasteiger partial charge in [0.05, 0.1) is 6.54 Å². The van der Waals surface area contributed by atoms with Gasteiger partial charge in [-0.3, -0.25) is 14.8 Å². The first-order chi connectivity index (χ1) is 13.1. The van der Waals surface area contributed by atoms with Gasteiger partial charge in [-0.15, -0.1) is 0 Å². The summed E-state index contributed by atoms with van der Waals surface area (Å²) in [5, 5.41) is 13.4. The monoisotopic (exact) mass is 371 g/mol. The van der Waals surface area contributed by atoms with E-state index in [4.69, 9.17) is 9.94 Å². The lowest BCUT2D eigenvalue weighted by atomic mass is 10.1. The van der Waals surface area contributed by atoms with Crippen LogP contribution in [0.5, 0.6) is 0 Å². The van der Waals surface area contributed by atoms with Gasteiger partial charge in [0.15, 0.2) is 0 Å². The van der Waals surface area contributed by atoms with Crippen molar-refractivity contribution >= 4 is 17.9 Å². The fourth-order valence-corrected chi connectivity index (χ4v) is 2.30. The highest BCUT2D eigenvalue weighted by molar-refractivity contribution is 5.89. The highest BCUT2D eigenvalue weighted by atomic mass is 16.5. The average Bonchev–Trinajstić information content (AvgIpc) is 2.71. The quantitative estimate of drug-likeness (QED) is 0.410. The maximum atomic E-state index is 12.3. The van der Waals surface area contributed by atoms with Gasteiger partial charge < -0.3 is 15.4 Å². The van der Waals surface area contributed by atoms with Crippen molar-refractivity contribution in [3.8, 4) is 0 Å². The fraction of sp³-hybridized carbons (Fsp3) is 0.211. The van der Waals surface area contributed by atoms with E-state index in [0.717, 1.165) is 11.1 Å². The van der Waals surface area contributed by atoms with Crippen LogP contribution in [0.25, 0.3) is 0 Å². The molecule has 0 aromatic heterocycles. The molecule has 2 aromatic rings. The molecule has 8 nitrogen and oxygen atoms in total. The van der Waals surface area contributed by atoms with Crippen molar-refractivity contribution in [2.45, 2.75) is 19.1 Å². The summed E-state index contributed by atoms with van der Waals surface area (Å²) in [4.78, 5) is 35.5. The van der Waals surface area contributed by atoms with Crippen LogP contribution < -0.4 is 16.1 Å². The summed E-state index contributed by atoms with van der Waals surface area (Å²) in [6.07, 6.45) is -0.532. The molecule has 1 atom stereocenters. The number of carbonyl (C=O) groups is 3. The number of carbonyl (C=O) groups excluding carboxylic acids is 3. The Morgan fingerprint density at radius 2 is 1.52 bits per heavy atom. The molecule has 0 unspecified atom stereocenters. The van der Waals surface area contributed by atoms with Gasteiger partial charge in [-0.25, -0.2) is 10.3 Å².